The van der Waals surface area contributed by atoms with Crippen LogP contribution in [0, 0.1) is 0 Å². The van der Waals surface area contributed by atoms with E-state index in [2.05, 4.69) is 107 Å². The van der Waals surface area contributed by atoms with Crippen LogP contribution in [0.3, 0.4) is 0 Å². The Morgan fingerprint density at radius 2 is 1.23 bits per heavy atom. The molecule has 1 atom stereocenters. The zero-order valence-electron chi connectivity index (χ0n) is 23.7. The first-order valence-electron chi connectivity index (χ1n) is 14.8. The minimum Gasteiger partial charge on any atom is -0.456 e. The summed E-state index contributed by atoms with van der Waals surface area (Å²) in [6.45, 7) is 0. The number of benzene rings is 6. The number of rotatable bonds is 4. The minimum absolute atomic E-state index is 0.254. The maximum absolute atomic E-state index is 6.54. The fourth-order valence-corrected chi connectivity index (χ4v) is 6.47. The fourth-order valence-electron chi connectivity index (χ4n) is 6.47. The second-order valence-electron chi connectivity index (χ2n) is 11.1. The van der Waals surface area contributed by atoms with Crippen molar-refractivity contribution in [3.05, 3.63) is 162 Å². The SMILES string of the molecule is c1ccc(C2=NC(c3cccc(-n4c5cccc6oc7ccccc7c7cccc4c7c65)c3)=NC(c3ccccc3)N2)cc1. The van der Waals surface area contributed by atoms with E-state index in [1.807, 2.05) is 48.5 Å². The molecule has 0 fully saturated rings. The van der Waals surface area contributed by atoms with Crippen LogP contribution in [0.4, 0.5) is 0 Å². The third kappa shape index (κ3) is 3.87. The molecule has 5 heteroatoms. The fraction of sp³-hybridized carbons (Fsp3) is 0.0256. The van der Waals surface area contributed by atoms with Crippen LogP contribution >= 0.6 is 0 Å². The van der Waals surface area contributed by atoms with Crippen molar-refractivity contribution in [2.45, 2.75) is 6.17 Å². The summed E-state index contributed by atoms with van der Waals surface area (Å²) in [4.78, 5) is 10.2. The zero-order chi connectivity index (χ0) is 29.0. The first-order valence-corrected chi connectivity index (χ1v) is 14.8. The van der Waals surface area contributed by atoms with Crippen LogP contribution < -0.4 is 5.32 Å². The highest BCUT2D eigenvalue weighted by molar-refractivity contribution is 6.26. The molecule has 9 rings (SSSR count). The predicted molar refractivity (Wildman–Crippen MR) is 180 cm³/mol. The molecule has 1 unspecified atom stereocenters. The van der Waals surface area contributed by atoms with Crippen molar-refractivity contribution in [1.29, 1.82) is 0 Å². The summed E-state index contributed by atoms with van der Waals surface area (Å²) in [5, 5.41) is 8.14. The van der Waals surface area contributed by atoms with Crippen LogP contribution in [0.2, 0.25) is 0 Å². The number of hydrogen-bond acceptors (Lipinski definition) is 4. The van der Waals surface area contributed by atoms with Gasteiger partial charge in [0.2, 0.25) is 0 Å². The molecule has 0 saturated carbocycles. The first-order chi connectivity index (χ1) is 21.8. The molecule has 0 bridgehead atoms. The van der Waals surface area contributed by atoms with Crippen molar-refractivity contribution in [3.8, 4) is 5.69 Å². The van der Waals surface area contributed by atoms with Crippen LogP contribution in [-0.2, 0) is 0 Å². The van der Waals surface area contributed by atoms with Gasteiger partial charge in [-0.05, 0) is 47.3 Å². The van der Waals surface area contributed by atoms with Gasteiger partial charge < -0.3 is 14.3 Å². The maximum atomic E-state index is 6.54. The molecule has 3 heterocycles. The monoisotopic (exact) mass is 566 g/mol. The summed E-state index contributed by atoms with van der Waals surface area (Å²) in [6.07, 6.45) is -0.254. The second-order valence-corrected chi connectivity index (χ2v) is 11.1. The standard InChI is InChI=1S/C39H26N4O/c1-3-12-25(13-4-1)37-40-38(26-14-5-2-6-15-26)42-39(41-37)27-16-9-17-28(24-27)43-31-20-10-19-30-29-18-7-8-22-33(29)44-34-23-11-21-32(43)36(34)35(30)31/h1-24,37H,(H,40,41,42). The van der Waals surface area contributed by atoms with Crippen LogP contribution in [0.15, 0.2) is 160 Å². The van der Waals surface area contributed by atoms with Crippen molar-refractivity contribution in [3.63, 3.8) is 0 Å². The highest BCUT2D eigenvalue weighted by Crippen LogP contribution is 2.40. The highest BCUT2D eigenvalue weighted by Gasteiger charge is 2.22. The van der Waals surface area contributed by atoms with Crippen molar-refractivity contribution in [1.82, 2.24) is 9.88 Å². The predicted octanol–water partition coefficient (Wildman–Crippen LogP) is 9.18. The molecule has 1 N–H and O–H groups in total. The van der Waals surface area contributed by atoms with Gasteiger partial charge in [-0.3, -0.25) is 0 Å². The van der Waals surface area contributed by atoms with Crippen molar-refractivity contribution in [2.75, 3.05) is 0 Å². The summed E-state index contributed by atoms with van der Waals surface area (Å²) < 4.78 is 8.87. The van der Waals surface area contributed by atoms with Crippen LogP contribution in [0.1, 0.15) is 22.9 Å². The molecule has 0 spiro atoms. The largest absolute Gasteiger partial charge is 0.456 e. The lowest BCUT2D eigenvalue weighted by molar-refractivity contribution is 0.664. The van der Waals surface area contributed by atoms with E-state index in [0.29, 0.717) is 5.84 Å². The van der Waals surface area contributed by atoms with E-state index in [1.54, 1.807) is 0 Å². The third-order valence-corrected chi connectivity index (χ3v) is 8.44. The normalized spacial score (nSPS) is 15.0. The third-order valence-electron chi connectivity index (χ3n) is 8.44. The lowest BCUT2D eigenvalue weighted by Crippen LogP contribution is -2.33. The smallest absolute Gasteiger partial charge is 0.159 e. The van der Waals surface area contributed by atoms with Crippen molar-refractivity contribution >= 4 is 55.4 Å². The van der Waals surface area contributed by atoms with Gasteiger partial charge in [-0.15, -0.1) is 0 Å². The number of hydrogen-bond donors (Lipinski definition) is 1. The lowest BCUT2D eigenvalue weighted by atomic mass is 10.1. The van der Waals surface area contributed by atoms with Gasteiger partial charge in [0.05, 0.1) is 16.4 Å². The Balaban J connectivity index is 1.26. The molecule has 6 aromatic carbocycles. The topological polar surface area (TPSA) is 54.8 Å². The molecule has 8 aromatic rings. The van der Waals surface area contributed by atoms with E-state index in [-0.39, 0.29) is 6.17 Å². The van der Waals surface area contributed by atoms with Gasteiger partial charge >= 0.3 is 0 Å². The van der Waals surface area contributed by atoms with Gasteiger partial charge in [-0.2, -0.15) is 0 Å². The summed E-state index contributed by atoms with van der Waals surface area (Å²) in [5.74, 6) is 1.50. The summed E-state index contributed by atoms with van der Waals surface area (Å²) in [5.41, 5.74) is 8.07. The molecule has 0 saturated heterocycles. The molecule has 0 radical (unpaired) electrons. The lowest BCUT2D eigenvalue weighted by Gasteiger charge is -2.23. The minimum atomic E-state index is -0.254. The summed E-state index contributed by atoms with van der Waals surface area (Å²) >= 11 is 0. The van der Waals surface area contributed by atoms with E-state index >= 15 is 0 Å². The van der Waals surface area contributed by atoms with Gasteiger partial charge in [0.1, 0.15) is 23.2 Å². The van der Waals surface area contributed by atoms with Gasteiger partial charge in [-0.25, -0.2) is 9.98 Å². The number of fused-ring (bicyclic) bond motifs is 2. The van der Waals surface area contributed by atoms with E-state index < -0.39 is 0 Å². The number of amidine groups is 2. The Morgan fingerprint density at radius 1 is 0.568 bits per heavy atom. The number of nitrogens with one attached hydrogen (secondary N) is 1. The van der Waals surface area contributed by atoms with Gasteiger partial charge in [0.15, 0.2) is 5.84 Å². The number of aliphatic imine (C=N–C) groups is 2. The van der Waals surface area contributed by atoms with Crippen molar-refractivity contribution < 1.29 is 4.42 Å². The number of aromatic nitrogens is 1. The molecule has 5 nitrogen and oxygen atoms in total. The average Bonchev–Trinajstić information content (AvgIpc) is 3.36. The van der Waals surface area contributed by atoms with Gasteiger partial charge in [0.25, 0.3) is 0 Å². The van der Waals surface area contributed by atoms with E-state index in [1.165, 1.54) is 10.8 Å². The molecule has 44 heavy (non-hydrogen) atoms. The van der Waals surface area contributed by atoms with Gasteiger partial charge in [0, 0.05) is 27.6 Å². The second kappa shape index (κ2) is 9.82. The number of para-hydroxylation sites is 1. The van der Waals surface area contributed by atoms with E-state index in [4.69, 9.17) is 14.4 Å². The Morgan fingerprint density at radius 3 is 2.09 bits per heavy atom. The molecular formula is C39H26N4O. The van der Waals surface area contributed by atoms with Crippen LogP contribution in [0.25, 0.3) is 49.4 Å². The Hall–Kier alpha value is -5.94. The Bertz CT molecular complexity index is 2420. The molecule has 1 aliphatic heterocycles. The average molecular weight is 567 g/mol. The summed E-state index contributed by atoms with van der Waals surface area (Å²) in [6, 6.07) is 50.2. The molecular weight excluding hydrogens is 540 g/mol. The van der Waals surface area contributed by atoms with E-state index in [9.17, 15) is 0 Å². The van der Waals surface area contributed by atoms with Gasteiger partial charge in [-0.1, -0.05) is 109 Å². The van der Waals surface area contributed by atoms with Crippen LogP contribution in [-0.4, -0.2) is 16.2 Å². The van der Waals surface area contributed by atoms with E-state index in [0.717, 1.165) is 61.2 Å². The van der Waals surface area contributed by atoms with Crippen LogP contribution in [0.5, 0.6) is 0 Å². The molecule has 0 amide bonds. The Kier molecular flexibility index (Phi) is 5.50. The first kappa shape index (κ1) is 24.6. The number of nitrogens with zero attached hydrogens (tertiary/aromatic N) is 3. The Labute approximate surface area is 253 Å². The molecule has 1 aliphatic rings. The molecule has 0 aliphatic carbocycles. The maximum Gasteiger partial charge on any atom is 0.159 e. The quantitative estimate of drug-likeness (QED) is 0.231. The zero-order valence-corrected chi connectivity index (χ0v) is 23.7. The molecule has 2 aromatic heterocycles. The molecule has 208 valence electrons. The summed E-state index contributed by atoms with van der Waals surface area (Å²) in [7, 11) is 0. The van der Waals surface area contributed by atoms with Crippen molar-refractivity contribution in [2.24, 2.45) is 9.98 Å². The highest BCUT2D eigenvalue weighted by atomic mass is 16.3.